The Morgan fingerprint density at radius 2 is 1.76 bits per heavy atom. The van der Waals surface area contributed by atoms with Crippen LogP contribution in [0.25, 0.3) is 28.0 Å². The molecule has 9 nitrogen and oxygen atoms in total. The number of aromatic nitrogens is 4. The second-order valence-electron chi connectivity index (χ2n) is 12.6. The maximum atomic E-state index is 14.4. The van der Waals surface area contributed by atoms with Gasteiger partial charge in [-0.2, -0.15) is 4.98 Å². The number of halogens is 1. The molecule has 1 amide bonds. The molecule has 10 heteroatoms. The van der Waals surface area contributed by atoms with Gasteiger partial charge in [0.15, 0.2) is 5.65 Å². The number of carbonyl (C=O) groups is 1. The van der Waals surface area contributed by atoms with E-state index in [1.165, 1.54) is 6.08 Å². The molecule has 45 heavy (non-hydrogen) atoms. The minimum atomic E-state index is -0.460. The van der Waals surface area contributed by atoms with Gasteiger partial charge < -0.3 is 14.7 Å². The lowest BCUT2D eigenvalue weighted by Gasteiger charge is -2.44. The third-order valence-corrected chi connectivity index (χ3v) is 8.83. The monoisotopic (exact) mass is 627 g/mol. The summed E-state index contributed by atoms with van der Waals surface area (Å²) in [5.41, 5.74) is 4.85. The number of hydrogen-bond acceptors (Lipinski definition) is 7. The summed E-state index contributed by atoms with van der Waals surface area (Å²) in [6.45, 7) is 17.0. The van der Waals surface area contributed by atoms with Gasteiger partial charge in [-0.3, -0.25) is 9.78 Å². The number of hydrogen-bond donors (Lipinski definition) is 0. The molecule has 0 radical (unpaired) electrons. The van der Waals surface area contributed by atoms with E-state index >= 15 is 0 Å². The Morgan fingerprint density at radius 1 is 1.04 bits per heavy atom. The molecule has 1 aliphatic heterocycles. The predicted molar refractivity (Wildman–Crippen MR) is 184 cm³/mol. The standard InChI is InChI=1S/C35H42ClN7O2/c1-10-29(44)41-18-23(7)42(19-22(41)6)33-26-17-27(36)31(25-14-12-11-13-24(25)20(2)3)38-34(26)43(35(45)39-33)32-28(40(8)9)15-16-37-30(32)21(4)5/h10-17,20-23H,1,18-19H2,2-9H3. The predicted octanol–water partition coefficient (Wildman–Crippen LogP) is 6.42. The molecule has 0 spiro atoms. The molecule has 1 aromatic carbocycles. The Labute approximate surface area is 270 Å². The van der Waals surface area contributed by atoms with E-state index in [-0.39, 0.29) is 29.8 Å². The molecule has 4 aromatic rings. The third-order valence-electron chi connectivity index (χ3n) is 8.54. The van der Waals surface area contributed by atoms with Gasteiger partial charge in [-0.05, 0) is 49.5 Å². The van der Waals surface area contributed by atoms with E-state index < -0.39 is 5.69 Å². The smallest absolute Gasteiger partial charge is 0.355 e. The van der Waals surface area contributed by atoms with Crippen LogP contribution in [0.1, 0.15) is 64.6 Å². The van der Waals surface area contributed by atoms with Crippen molar-refractivity contribution in [2.75, 3.05) is 37.0 Å². The quantitative estimate of drug-likeness (QED) is 0.219. The highest BCUT2D eigenvalue weighted by molar-refractivity contribution is 6.34. The van der Waals surface area contributed by atoms with Crippen LogP contribution in [0.15, 0.2) is 60.0 Å². The second-order valence-corrected chi connectivity index (χ2v) is 13.1. The van der Waals surface area contributed by atoms with Crippen molar-refractivity contribution in [1.82, 2.24) is 24.4 Å². The van der Waals surface area contributed by atoms with Crippen molar-refractivity contribution < 1.29 is 4.79 Å². The molecular formula is C35H42ClN7O2. The number of piperazine rings is 1. The highest BCUT2D eigenvalue weighted by Gasteiger charge is 2.34. The van der Waals surface area contributed by atoms with Gasteiger partial charge >= 0.3 is 5.69 Å². The fourth-order valence-electron chi connectivity index (χ4n) is 6.25. The molecule has 2 atom stereocenters. The first-order valence-electron chi connectivity index (χ1n) is 15.4. The van der Waals surface area contributed by atoms with Gasteiger partial charge in [-0.25, -0.2) is 14.3 Å². The van der Waals surface area contributed by atoms with E-state index in [1.807, 2.05) is 63.2 Å². The van der Waals surface area contributed by atoms with E-state index in [0.717, 1.165) is 22.5 Å². The minimum Gasteiger partial charge on any atom is -0.376 e. The molecule has 0 saturated carbocycles. The van der Waals surface area contributed by atoms with Crippen molar-refractivity contribution in [2.45, 2.75) is 65.5 Å². The van der Waals surface area contributed by atoms with Gasteiger partial charge in [0.05, 0.1) is 33.2 Å². The summed E-state index contributed by atoms with van der Waals surface area (Å²) in [4.78, 5) is 47.5. The van der Waals surface area contributed by atoms with Crippen LogP contribution in [0.3, 0.4) is 0 Å². The van der Waals surface area contributed by atoms with E-state index in [4.69, 9.17) is 26.6 Å². The summed E-state index contributed by atoms with van der Waals surface area (Å²) in [5, 5.41) is 1.12. The molecule has 0 aliphatic carbocycles. The van der Waals surface area contributed by atoms with Crippen molar-refractivity contribution >= 4 is 40.0 Å². The van der Waals surface area contributed by atoms with E-state index in [0.29, 0.717) is 46.3 Å². The number of carbonyl (C=O) groups excluding carboxylic acids is 1. The molecule has 1 fully saturated rings. The molecule has 2 unspecified atom stereocenters. The molecule has 0 N–H and O–H groups in total. The van der Waals surface area contributed by atoms with Crippen LogP contribution >= 0.6 is 11.6 Å². The largest absolute Gasteiger partial charge is 0.376 e. The summed E-state index contributed by atoms with van der Waals surface area (Å²) in [6, 6.07) is 11.6. The van der Waals surface area contributed by atoms with E-state index in [1.54, 1.807) is 15.7 Å². The van der Waals surface area contributed by atoms with E-state index in [2.05, 4.69) is 45.2 Å². The third kappa shape index (κ3) is 5.81. The number of amides is 1. The Bertz CT molecular complexity index is 1800. The first kappa shape index (κ1) is 32.2. The number of pyridine rings is 2. The van der Waals surface area contributed by atoms with Gasteiger partial charge in [-0.1, -0.05) is 70.1 Å². The molecule has 236 valence electrons. The van der Waals surface area contributed by atoms with Crippen LogP contribution in [0.2, 0.25) is 5.02 Å². The van der Waals surface area contributed by atoms with Gasteiger partial charge in [0.1, 0.15) is 5.82 Å². The lowest BCUT2D eigenvalue weighted by Crippen LogP contribution is -2.58. The molecule has 1 saturated heterocycles. The van der Waals surface area contributed by atoms with Gasteiger partial charge in [0.25, 0.3) is 0 Å². The summed E-state index contributed by atoms with van der Waals surface area (Å²) >= 11 is 7.09. The van der Waals surface area contributed by atoms with Crippen LogP contribution in [-0.4, -0.2) is 69.6 Å². The Hall–Kier alpha value is -4.24. The maximum Gasteiger partial charge on any atom is 0.355 e. The topological polar surface area (TPSA) is 87.5 Å². The van der Waals surface area contributed by atoms with Crippen molar-refractivity contribution in [1.29, 1.82) is 0 Å². The Kier molecular flexibility index (Phi) is 9.03. The summed E-state index contributed by atoms with van der Waals surface area (Å²) in [5.74, 6) is 0.629. The van der Waals surface area contributed by atoms with Crippen LogP contribution in [0.4, 0.5) is 11.5 Å². The zero-order valence-corrected chi connectivity index (χ0v) is 28.1. The number of fused-ring (bicyclic) bond motifs is 1. The highest BCUT2D eigenvalue weighted by atomic mass is 35.5. The maximum absolute atomic E-state index is 14.4. The van der Waals surface area contributed by atoms with Gasteiger partial charge in [-0.15, -0.1) is 0 Å². The lowest BCUT2D eigenvalue weighted by molar-refractivity contribution is -0.128. The molecule has 4 heterocycles. The van der Waals surface area contributed by atoms with E-state index in [9.17, 15) is 9.59 Å². The Morgan fingerprint density at radius 3 is 2.40 bits per heavy atom. The first-order valence-corrected chi connectivity index (χ1v) is 15.8. The zero-order valence-electron chi connectivity index (χ0n) is 27.4. The Balaban J connectivity index is 1.87. The number of anilines is 2. The summed E-state index contributed by atoms with van der Waals surface area (Å²) < 4.78 is 1.60. The fourth-order valence-corrected chi connectivity index (χ4v) is 6.50. The second kappa shape index (κ2) is 12.6. The fraction of sp³-hybridized carbons (Fsp3) is 0.400. The number of nitrogens with zero attached hydrogens (tertiary/aromatic N) is 7. The van der Waals surface area contributed by atoms with Crippen LogP contribution < -0.4 is 15.5 Å². The van der Waals surface area contributed by atoms with Gasteiger partial charge in [0.2, 0.25) is 5.91 Å². The van der Waals surface area contributed by atoms with Crippen LogP contribution in [0.5, 0.6) is 0 Å². The average Bonchev–Trinajstić information content (AvgIpc) is 3.00. The average molecular weight is 628 g/mol. The summed E-state index contributed by atoms with van der Waals surface area (Å²) in [6.07, 6.45) is 3.11. The van der Waals surface area contributed by atoms with Crippen molar-refractivity contribution in [3.8, 4) is 16.9 Å². The molecule has 5 rings (SSSR count). The molecule has 3 aromatic heterocycles. The highest BCUT2D eigenvalue weighted by Crippen LogP contribution is 2.39. The number of benzene rings is 1. The van der Waals surface area contributed by atoms with Crippen molar-refractivity contribution in [3.05, 3.63) is 82.0 Å². The van der Waals surface area contributed by atoms with Crippen molar-refractivity contribution in [2.24, 2.45) is 0 Å². The SMILES string of the molecule is C=CC(=O)N1CC(C)N(c2nc(=O)n(-c3c(N(C)C)ccnc3C(C)C)c3nc(-c4ccccc4C(C)C)c(Cl)cc23)CC1C. The van der Waals surface area contributed by atoms with Crippen LogP contribution in [-0.2, 0) is 4.79 Å². The lowest BCUT2D eigenvalue weighted by atomic mass is 9.95. The van der Waals surface area contributed by atoms with Crippen molar-refractivity contribution in [3.63, 3.8) is 0 Å². The normalized spacial score (nSPS) is 17.0. The minimum absolute atomic E-state index is 0.0197. The molecule has 0 bridgehead atoms. The van der Waals surface area contributed by atoms with Gasteiger partial charge in [0, 0.05) is 51.0 Å². The molecule has 1 aliphatic rings. The van der Waals surface area contributed by atoms with Crippen LogP contribution in [0, 0.1) is 0 Å². The molecular weight excluding hydrogens is 586 g/mol. The number of rotatable bonds is 7. The summed E-state index contributed by atoms with van der Waals surface area (Å²) in [7, 11) is 3.89. The first-order chi connectivity index (χ1) is 21.3. The zero-order chi connectivity index (χ0) is 32.7.